The number of aromatic nitrogens is 2. The summed E-state index contributed by atoms with van der Waals surface area (Å²) in [4.78, 5) is 11.2. The molecule has 0 atom stereocenters. The van der Waals surface area contributed by atoms with Crippen LogP contribution in [0.25, 0.3) is 0 Å². The van der Waals surface area contributed by atoms with Crippen LogP contribution in [0.15, 0.2) is 30.2 Å². The molecule has 0 unspecified atom stereocenters. The largest absolute Gasteiger partial charge is 0.313 e. The molecule has 1 N–H and O–H groups in total. The summed E-state index contributed by atoms with van der Waals surface area (Å²) in [7, 11) is 0. The molecule has 2 aliphatic heterocycles. The fraction of sp³-hybridized carbons (Fsp3) is 0.600. The van der Waals surface area contributed by atoms with E-state index in [9.17, 15) is 0 Å². The van der Waals surface area contributed by atoms with Gasteiger partial charge in [0.15, 0.2) is 0 Å². The van der Waals surface area contributed by atoms with Gasteiger partial charge < -0.3 is 5.32 Å². The molecule has 0 saturated carbocycles. The first kappa shape index (κ1) is 12.8. The average molecular weight is 258 g/mol. The van der Waals surface area contributed by atoms with Crippen LogP contribution in [0, 0.1) is 0 Å². The summed E-state index contributed by atoms with van der Waals surface area (Å²) in [6.07, 6.45) is 11.5. The summed E-state index contributed by atoms with van der Waals surface area (Å²) in [5.41, 5.74) is 2.78. The number of hydrogen-bond acceptors (Lipinski definition) is 4. The second-order valence-electron chi connectivity index (χ2n) is 5.50. The first-order chi connectivity index (χ1) is 9.42. The van der Waals surface area contributed by atoms with Crippen LogP contribution in [0.4, 0.5) is 0 Å². The highest BCUT2D eigenvalue weighted by Crippen LogP contribution is 2.26. The van der Waals surface area contributed by atoms with E-state index in [4.69, 9.17) is 0 Å². The Morgan fingerprint density at radius 1 is 1.26 bits per heavy atom. The number of nitrogens with zero attached hydrogens (tertiary/aromatic N) is 3. The van der Waals surface area contributed by atoms with E-state index >= 15 is 0 Å². The van der Waals surface area contributed by atoms with E-state index in [2.05, 4.69) is 26.3 Å². The van der Waals surface area contributed by atoms with E-state index in [-0.39, 0.29) is 0 Å². The maximum absolute atomic E-state index is 4.44. The van der Waals surface area contributed by atoms with Gasteiger partial charge in [-0.2, -0.15) is 0 Å². The van der Waals surface area contributed by atoms with E-state index in [1.54, 1.807) is 11.8 Å². The molecule has 0 aromatic carbocycles. The SMILES string of the molecule is C1=C(CN2CCC(c3cnccn3)CC2)CCNC1. The molecule has 0 bridgehead atoms. The molecule has 102 valence electrons. The monoisotopic (exact) mass is 258 g/mol. The van der Waals surface area contributed by atoms with Gasteiger partial charge in [-0.05, 0) is 38.9 Å². The highest BCUT2D eigenvalue weighted by Gasteiger charge is 2.22. The molecule has 1 aromatic heterocycles. The summed E-state index contributed by atoms with van der Waals surface area (Å²) in [5.74, 6) is 0.604. The Balaban J connectivity index is 1.51. The lowest BCUT2D eigenvalue weighted by Crippen LogP contribution is -2.36. The molecule has 1 aromatic rings. The smallest absolute Gasteiger partial charge is 0.0618 e. The fourth-order valence-corrected chi connectivity index (χ4v) is 3.01. The molecule has 2 aliphatic rings. The Labute approximate surface area is 114 Å². The van der Waals surface area contributed by atoms with Gasteiger partial charge in [0.1, 0.15) is 0 Å². The zero-order valence-corrected chi connectivity index (χ0v) is 11.4. The van der Waals surface area contributed by atoms with E-state index in [0.717, 1.165) is 19.6 Å². The van der Waals surface area contributed by atoms with Gasteiger partial charge in [0.05, 0.1) is 5.69 Å². The zero-order chi connectivity index (χ0) is 12.9. The third-order valence-corrected chi connectivity index (χ3v) is 4.17. The quantitative estimate of drug-likeness (QED) is 0.836. The summed E-state index contributed by atoms with van der Waals surface area (Å²) >= 11 is 0. The van der Waals surface area contributed by atoms with Crippen LogP contribution in [0.2, 0.25) is 0 Å². The Bertz CT molecular complexity index is 421. The van der Waals surface area contributed by atoms with Crippen LogP contribution in [0.1, 0.15) is 30.9 Å². The Morgan fingerprint density at radius 3 is 2.84 bits per heavy atom. The van der Waals surface area contributed by atoms with Gasteiger partial charge in [-0.3, -0.25) is 14.9 Å². The van der Waals surface area contributed by atoms with Crippen molar-refractivity contribution < 1.29 is 0 Å². The second-order valence-corrected chi connectivity index (χ2v) is 5.50. The Kier molecular flexibility index (Phi) is 4.20. The van der Waals surface area contributed by atoms with Crippen molar-refractivity contribution in [3.05, 3.63) is 35.9 Å². The lowest BCUT2D eigenvalue weighted by molar-refractivity contribution is 0.224. The number of likely N-dealkylation sites (tertiary alicyclic amines) is 1. The van der Waals surface area contributed by atoms with Gasteiger partial charge in [-0.1, -0.05) is 11.6 Å². The van der Waals surface area contributed by atoms with E-state index in [1.165, 1.54) is 38.0 Å². The van der Waals surface area contributed by atoms with E-state index in [1.807, 2.05) is 12.4 Å². The topological polar surface area (TPSA) is 41.1 Å². The molecule has 4 heteroatoms. The highest BCUT2D eigenvalue weighted by molar-refractivity contribution is 5.10. The number of hydrogen-bond donors (Lipinski definition) is 1. The van der Waals surface area contributed by atoms with Crippen molar-refractivity contribution in [3.63, 3.8) is 0 Å². The minimum Gasteiger partial charge on any atom is -0.313 e. The molecular formula is C15H22N4. The van der Waals surface area contributed by atoms with Crippen LogP contribution in [0.3, 0.4) is 0 Å². The van der Waals surface area contributed by atoms with Gasteiger partial charge in [-0.15, -0.1) is 0 Å². The van der Waals surface area contributed by atoms with E-state index in [0.29, 0.717) is 5.92 Å². The molecule has 1 fully saturated rings. The molecule has 0 amide bonds. The summed E-state index contributed by atoms with van der Waals surface area (Å²) in [6, 6.07) is 0. The maximum Gasteiger partial charge on any atom is 0.0618 e. The van der Waals surface area contributed by atoms with Gasteiger partial charge >= 0.3 is 0 Å². The van der Waals surface area contributed by atoms with Crippen LogP contribution in [-0.4, -0.2) is 47.6 Å². The molecule has 0 aliphatic carbocycles. The van der Waals surface area contributed by atoms with Crippen molar-refractivity contribution in [3.8, 4) is 0 Å². The fourth-order valence-electron chi connectivity index (χ4n) is 3.01. The van der Waals surface area contributed by atoms with Crippen molar-refractivity contribution in [1.29, 1.82) is 0 Å². The molecular weight excluding hydrogens is 236 g/mol. The van der Waals surface area contributed by atoms with Crippen molar-refractivity contribution in [1.82, 2.24) is 20.2 Å². The maximum atomic E-state index is 4.44. The third-order valence-electron chi connectivity index (χ3n) is 4.17. The first-order valence-corrected chi connectivity index (χ1v) is 7.29. The Hall–Kier alpha value is -1.26. The van der Waals surface area contributed by atoms with Crippen molar-refractivity contribution in [2.24, 2.45) is 0 Å². The van der Waals surface area contributed by atoms with Crippen LogP contribution < -0.4 is 5.32 Å². The van der Waals surface area contributed by atoms with Gasteiger partial charge in [0.25, 0.3) is 0 Å². The lowest BCUT2D eigenvalue weighted by Gasteiger charge is -2.32. The first-order valence-electron chi connectivity index (χ1n) is 7.29. The van der Waals surface area contributed by atoms with Crippen molar-refractivity contribution in [2.45, 2.75) is 25.2 Å². The standard InChI is InChI=1S/C15H22N4/c1-5-16-6-2-13(1)12-19-9-3-14(4-10-19)15-11-17-7-8-18-15/h1,7-8,11,14,16H,2-6,9-10,12H2. The molecule has 3 rings (SSSR count). The summed E-state index contributed by atoms with van der Waals surface area (Å²) in [5, 5.41) is 3.37. The van der Waals surface area contributed by atoms with Crippen molar-refractivity contribution in [2.75, 3.05) is 32.7 Å². The number of piperidine rings is 1. The lowest BCUT2D eigenvalue weighted by atomic mass is 9.93. The predicted molar refractivity (Wildman–Crippen MR) is 76.0 cm³/mol. The number of nitrogens with one attached hydrogen (secondary N) is 1. The minimum absolute atomic E-state index is 0.604. The second kappa shape index (κ2) is 6.26. The van der Waals surface area contributed by atoms with Gasteiger partial charge in [0, 0.05) is 37.6 Å². The molecule has 4 nitrogen and oxygen atoms in total. The predicted octanol–water partition coefficient (Wildman–Crippen LogP) is 1.58. The highest BCUT2D eigenvalue weighted by atomic mass is 15.1. The average Bonchev–Trinajstić information content (AvgIpc) is 2.50. The van der Waals surface area contributed by atoms with Crippen LogP contribution in [-0.2, 0) is 0 Å². The minimum atomic E-state index is 0.604. The van der Waals surface area contributed by atoms with Gasteiger partial charge in [-0.25, -0.2) is 0 Å². The van der Waals surface area contributed by atoms with Crippen LogP contribution in [0.5, 0.6) is 0 Å². The van der Waals surface area contributed by atoms with Crippen LogP contribution >= 0.6 is 0 Å². The summed E-state index contributed by atoms with van der Waals surface area (Å²) < 4.78 is 0. The van der Waals surface area contributed by atoms with E-state index < -0.39 is 0 Å². The Morgan fingerprint density at radius 2 is 2.16 bits per heavy atom. The normalized spacial score (nSPS) is 22.2. The molecule has 1 saturated heterocycles. The summed E-state index contributed by atoms with van der Waals surface area (Å²) in [6.45, 7) is 5.72. The molecule has 3 heterocycles. The third kappa shape index (κ3) is 3.39. The molecule has 0 spiro atoms. The molecule has 0 radical (unpaired) electrons. The number of rotatable bonds is 3. The zero-order valence-electron chi connectivity index (χ0n) is 11.4. The molecule has 19 heavy (non-hydrogen) atoms. The van der Waals surface area contributed by atoms with Gasteiger partial charge in [0.2, 0.25) is 0 Å². The van der Waals surface area contributed by atoms with Crippen molar-refractivity contribution >= 4 is 0 Å².